The Kier molecular flexibility index (Phi) is 6.56. The first kappa shape index (κ1) is 15.7. The quantitative estimate of drug-likeness (QED) is 0.688. The van der Waals surface area contributed by atoms with Gasteiger partial charge in [0.1, 0.15) is 0 Å². The average Bonchev–Trinajstić information content (AvgIpc) is 2.88. The Balaban J connectivity index is 2.26. The Hall–Kier alpha value is -1.36. The highest BCUT2D eigenvalue weighted by molar-refractivity contribution is 5.85. The molecule has 1 fully saturated rings. The van der Waals surface area contributed by atoms with E-state index in [0.29, 0.717) is 13.1 Å². The van der Waals surface area contributed by atoms with E-state index in [0.717, 1.165) is 38.0 Å². The zero-order valence-corrected chi connectivity index (χ0v) is 12.1. The summed E-state index contributed by atoms with van der Waals surface area (Å²) in [5.74, 6) is -0.0792. The standard InChI is InChI=1S/C14H25N3O2/c1-4-16(10-12(2)3)11-13(18)15-9-14(19)17-7-5-6-8-17/h2,4-11H2,1,3H3,(H,15,18). The molecule has 1 aliphatic heterocycles. The Bertz CT molecular complexity index is 336. The molecule has 0 aliphatic carbocycles. The number of hydrogen-bond acceptors (Lipinski definition) is 3. The third-order valence-corrected chi connectivity index (χ3v) is 3.20. The van der Waals surface area contributed by atoms with Crippen LogP contribution < -0.4 is 5.32 Å². The van der Waals surface area contributed by atoms with Crippen molar-refractivity contribution in [3.05, 3.63) is 12.2 Å². The third-order valence-electron chi connectivity index (χ3n) is 3.20. The summed E-state index contributed by atoms with van der Waals surface area (Å²) in [5, 5.41) is 2.70. The molecule has 0 bridgehead atoms. The van der Waals surface area contributed by atoms with E-state index in [2.05, 4.69) is 11.9 Å². The number of nitrogens with zero attached hydrogens (tertiary/aromatic N) is 2. The second-order valence-electron chi connectivity index (χ2n) is 5.13. The van der Waals surface area contributed by atoms with E-state index >= 15 is 0 Å². The van der Waals surface area contributed by atoms with Crippen molar-refractivity contribution in [1.29, 1.82) is 0 Å². The van der Waals surface area contributed by atoms with Gasteiger partial charge >= 0.3 is 0 Å². The molecule has 0 saturated carbocycles. The van der Waals surface area contributed by atoms with Crippen LogP contribution in [0, 0.1) is 0 Å². The number of rotatable bonds is 7. The first-order valence-corrected chi connectivity index (χ1v) is 6.94. The van der Waals surface area contributed by atoms with Crippen LogP contribution >= 0.6 is 0 Å². The molecule has 0 aromatic carbocycles. The Labute approximate surface area is 115 Å². The number of likely N-dealkylation sites (N-methyl/N-ethyl adjacent to an activating group) is 1. The van der Waals surface area contributed by atoms with Crippen LogP contribution in [-0.2, 0) is 9.59 Å². The fourth-order valence-corrected chi connectivity index (χ4v) is 2.17. The molecule has 0 unspecified atom stereocenters. The monoisotopic (exact) mass is 267 g/mol. The first-order chi connectivity index (χ1) is 9.02. The number of nitrogens with one attached hydrogen (secondary N) is 1. The van der Waals surface area contributed by atoms with Gasteiger partial charge in [-0.05, 0) is 26.3 Å². The van der Waals surface area contributed by atoms with Gasteiger partial charge in [-0.3, -0.25) is 14.5 Å². The maximum atomic E-state index is 11.8. The van der Waals surface area contributed by atoms with Crippen molar-refractivity contribution >= 4 is 11.8 Å². The summed E-state index contributed by atoms with van der Waals surface area (Å²) >= 11 is 0. The molecule has 0 radical (unpaired) electrons. The van der Waals surface area contributed by atoms with Gasteiger partial charge in [-0.15, -0.1) is 0 Å². The minimum absolute atomic E-state index is 0.0220. The van der Waals surface area contributed by atoms with Gasteiger partial charge in [0.25, 0.3) is 0 Å². The fraction of sp³-hybridized carbons (Fsp3) is 0.714. The van der Waals surface area contributed by atoms with Crippen molar-refractivity contribution in [2.45, 2.75) is 26.7 Å². The van der Waals surface area contributed by atoms with Crippen LogP contribution in [0.1, 0.15) is 26.7 Å². The molecule has 2 amide bonds. The normalized spacial score (nSPS) is 14.8. The van der Waals surface area contributed by atoms with E-state index < -0.39 is 0 Å². The summed E-state index contributed by atoms with van der Waals surface area (Å²) in [6.45, 7) is 11.4. The molecule has 108 valence electrons. The van der Waals surface area contributed by atoms with Crippen LogP contribution in [0.2, 0.25) is 0 Å². The molecular weight excluding hydrogens is 242 g/mol. The summed E-state index contributed by atoms with van der Waals surface area (Å²) in [6, 6.07) is 0. The predicted octanol–water partition coefficient (Wildman–Crippen LogP) is 0.623. The highest BCUT2D eigenvalue weighted by Crippen LogP contribution is 2.06. The maximum absolute atomic E-state index is 11.8. The van der Waals surface area contributed by atoms with Crippen molar-refractivity contribution < 1.29 is 9.59 Å². The van der Waals surface area contributed by atoms with Crippen molar-refractivity contribution in [2.24, 2.45) is 0 Å². The molecule has 0 atom stereocenters. The summed E-state index contributed by atoms with van der Waals surface area (Å²) in [4.78, 5) is 27.3. The molecule has 1 saturated heterocycles. The number of amides is 2. The largest absolute Gasteiger partial charge is 0.346 e. The second kappa shape index (κ2) is 7.94. The molecule has 0 aromatic heterocycles. The lowest BCUT2D eigenvalue weighted by Crippen LogP contribution is -2.43. The van der Waals surface area contributed by atoms with Gasteiger partial charge in [-0.25, -0.2) is 0 Å². The molecule has 1 N–H and O–H groups in total. The number of likely N-dealkylation sites (tertiary alicyclic amines) is 1. The molecular formula is C14H25N3O2. The van der Waals surface area contributed by atoms with Gasteiger partial charge < -0.3 is 10.2 Å². The summed E-state index contributed by atoms with van der Waals surface area (Å²) < 4.78 is 0. The SMILES string of the molecule is C=C(C)CN(CC)CC(=O)NCC(=O)N1CCCC1. The van der Waals surface area contributed by atoms with Gasteiger partial charge in [0.05, 0.1) is 13.1 Å². The second-order valence-corrected chi connectivity index (χ2v) is 5.13. The Morgan fingerprint density at radius 1 is 1.26 bits per heavy atom. The predicted molar refractivity (Wildman–Crippen MR) is 75.8 cm³/mol. The van der Waals surface area contributed by atoms with Gasteiger partial charge in [0.2, 0.25) is 11.8 Å². The highest BCUT2D eigenvalue weighted by Gasteiger charge is 2.18. The summed E-state index contributed by atoms with van der Waals surface area (Å²) in [6.07, 6.45) is 2.14. The minimum Gasteiger partial charge on any atom is -0.346 e. The van der Waals surface area contributed by atoms with E-state index in [1.54, 1.807) is 0 Å². The molecule has 1 rings (SSSR count). The van der Waals surface area contributed by atoms with Crippen molar-refractivity contribution in [3.8, 4) is 0 Å². The Morgan fingerprint density at radius 2 is 1.89 bits per heavy atom. The molecule has 5 nitrogen and oxygen atoms in total. The zero-order chi connectivity index (χ0) is 14.3. The molecule has 1 aliphatic rings. The molecule has 1 heterocycles. The number of hydrogen-bond donors (Lipinski definition) is 1. The van der Waals surface area contributed by atoms with Gasteiger partial charge in [-0.1, -0.05) is 19.1 Å². The van der Waals surface area contributed by atoms with E-state index in [4.69, 9.17) is 0 Å². The minimum atomic E-state index is -0.101. The van der Waals surface area contributed by atoms with Crippen LogP contribution in [0.4, 0.5) is 0 Å². The lowest BCUT2D eigenvalue weighted by atomic mass is 10.3. The zero-order valence-electron chi connectivity index (χ0n) is 12.1. The average molecular weight is 267 g/mol. The molecule has 0 aromatic rings. The topological polar surface area (TPSA) is 52.7 Å². The fourth-order valence-electron chi connectivity index (χ4n) is 2.17. The van der Waals surface area contributed by atoms with Crippen molar-refractivity contribution in [2.75, 3.05) is 39.3 Å². The van der Waals surface area contributed by atoms with Crippen LogP contribution in [0.25, 0.3) is 0 Å². The van der Waals surface area contributed by atoms with Crippen molar-refractivity contribution in [1.82, 2.24) is 15.1 Å². The van der Waals surface area contributed by atoms with Crippen LogP contribution in [0.15, 0.2) is 12.2 Å². The van der Waals surface area contributed by atoms with Crippen LogP contribution in [0.3, 0.4) is 0 Å². The van der Waals surface area contributed by atoms with E-state index in [1.807, 2.05) is 23.6 Å². The molecule has 0 spiro atoms. The van der Waals surface area contributed by atoms with Gasteiger partial charge in [0.15, 0.2) is 0 Å². The third kappa shape index (κ3) is 5.87. The maximum Gasteiger partial charge on any atom is 0.241 e. The van der Waals surface area contributed by atoms with E-state index in [9.17, 15) is 9.59 Å². The van der Waals surface area contributed by atoms with Crippen LogP contribution in [0.5, 0.6) is 0 Å². The summed E-state index contributed by atoms with van der Waals surface area (Å²) in [5.41, 5.74) is 1.03. The Morgan fingerprint density at radius 3 is 2.42 bits per heavy atom. The first-order valence-electron chi connectivity index (χ1n) is 6.94. The highest BCUT2D eigenvalue weighted by atomic mass is 16.2. The lowest BCUT2D eigenvalue weighted by molar-refractivity contribution is -0.132. The smallest absolute Gasteiger partial charge is 0.241 e. The molecule has 19 heavy (non-hydrogen) atoms. The number of carbonyl (C=O) groups excluding carboxylic acids is 2. The van der Waals surface area contributed by atoms with Gasteiger partial charge in [-0.2, -0.15) is 0 Å². The van der Waals surface area contributed by atoms with Crippen LogP contribution in [-0.4, -0.2) is 60.9 Å². The molecule has 5 heteroatoms. The van der Waals surface area contributed by atoms with E-state index in [-0.39, 0.29) is 18.4 Å². The summed E-state index contributed by atoms with van der Waals surface area (Å²) in [7, 11) is 0. The lowest BCUT2D eigenvalue weighted by Gasteiger charge is -2.20. The van der Waals surface area contributed by atoms with Crippen molar-refractivity contribution in [3.63, 3.8) is 0 Å². The van der Waals surface area contributed by atoms with E-state index in [1.165, 1.54) is 0 Å². The number of carbonyl (C=O) groups is 2. The van der Waals surface area contributed by atoms with Gasteiger partial charge in [0, 0.05) is 19.6 Å².